The lowest BCUT2D eigenvalue weighted by atomic mass is 9.78. The molecule has 9 nitrogen and oxygen atoms in total. The van der Waals surface area contributed by atoms with Gasteiger partial charge in [-0.15, -0.1) is 0 Å². The van der Waals surface area contributed by atoms with Gasteiger partial charge >= 0.3 is 11.9 Å². The molecule has 1 aliphatic heterocycles. The van der Waals surface area contributed by atoms with Crippen LogP contribution in [0.4, 0.5) is 0 Å². The third-order valence-electron chi connectivity index (χ3n) is 8.92. The minimum Gasteiger partial charge on any atom is -0.495 e. The Labute approximate surface area is 283 Å². The molecule has 0 bridgehead atoms. The highest BCUT2D eigenvalue weighted by Crippen LogP contribution is 2.34. The lowest BCUT2D eigenvalue weighted by Crippen LogP contribution is -2.49. The van der Waals surface area contributed by atoms with E-state index in [0.717, 1.165) is 0 Å². The van der Waals surface area contributed by atoms with Crippen LogP contribution in [0.2, 0.25) is 5.02 Å². The van der Waals surface area contributed by atoms with E-state index in [4.69, 9.17) is 25.8 Å². The Hall–Kier alpha value is -3.85. The Morgan fingerprint density at radius 1 is 0.957 bits per heavy atom. The first kappa shape index (κ1) is 37.6. The van der Waals surface area contributed by atoms with Gasteiger partial charge in [0, 0.05) is 19.4 Å². The number of esters is 2. The third-order valence-corrected chi connectivity index (χ3v) is 9.21. The van der Waals surface area contributed by atoms with Crippen LogP contribution in [0.15, 0.2) is 60.7 Å². The summed E-state index contributed by atoms with van der Waals surface area (Å²) in [6.45, 7) is 11.7. The maximum Gasteiger partial charge on any atom is 0.347 e. The molecule has 0 radical (unpaired) electrons. The number of hydrogen-bond donors (Lipinski definition) is 2. The van der Waals surface area contributed by atoms with Crippen LogP contribution < -0.4 is 15.4 Å². The normalized spacial score (nSPS) is 24.3. The van der Waals surface area contributed by atoms with Gasteiger partial charge in [-0.3, -0.25) is 14.4 Å². The molecule has 1 aliphatic rings. The molecule has 256 valence electrons. The van der Waals surface area contributed by atoms with Crippen molar-refractivity contribution in [3.63, 3.8) is 0 Å². The first-order chi connectivity index (χ1) is 22.3. The van der Waals surface area contributed by atoms with E-state index >= 15 is 0 Å². The smallest absolute Gasteiger partial charge is 0.347 e. The lowest BCUT2D eigenvalue weighted by molar-refractivity contribution is -0.176. The van der Waals surface area contributed by atoms with Gasteiger partial charge in [-0.05, 0) is 59.4 Å². The lowest BCUT2D eigenvalue weighted by Gasteiger charge is -2.33. The maximum atomic E-state index is 13.6. The van der Waals surface area contributed by atoms with Gasteiger partial charge in [0.05, 0.1) is 18.1 Å². The van der Waals surface area contributed by atoms with Crippen LogP contribution in [0, 0.1) is 23.7 Å². The monoisotopic (exact) mass is 668 g/mol. The summed E-state index contributed by atoms with van der Waals surface area (Å²) in [5, 5.41) is 5.90. The molecule has 0 aliphatic carbocycles. The highest BCUT2D eigenvalue weighted by atomic mass is 35.5. The number of carbonyl (C=O) groups excluding carboxylic acids is 4. The molecule has 0 fully saturated rings. The molecule has 1 unspecified atom stereocenters. The number of rotatable bonds is 9. The summed E-state index contributed by atoms with van der Waals surface area (Å²) in [6.07, 6.45) is 1.98. The molecule has 0 aromatic heterocycles. The average Bonchev–Trinajstić information content (AvgIpc) is 3.04. The Morgan fingerprint density at radius 3 is 2.30 bits per heavy atom. The number of halogens is 1. The minimum absolute atomic E-state index is 0.0460. The Bertz CT molecular complexity index is 1400. The van der Waals surface area contributed by atoms with Gasteiger partial charge < -0.3 is 24.8 Å². The molecule has 47 heavy (non-hydrogen) atoms. The van der Waals surface area contributed by atoms with Crippen LogP contribution in [0.25, 0.3) is 0 Å². The van der Waals surface area contributed by atoms with Crippen molar-refractivity contribution in [2.75, 3.05) is 13.7 Å². The van der Waals surface area contributed by atoms with Crippen molar-refractivity contribution in [1.82, 2.24) is 10.6 Å². The predicted molar refractivity (Wildman–Crippen MR) is 182 cm³/mol. The van der Waals surface area contributed by atoms with Gasteiger partial charge in [0.1, 0.15) is 17.9 Å². The molecular weight excluding hydrogens is 620 g/mol. The molecule has 10 heteroatoms. The van der Waals surface area contributed by atoms with Gasteiger partial charge in [-0.2, -0.15) is 0 Å². The number of benzene rings is 2. The quantitative estimate of drug-likeness (QED) is 0.313. The van der Waals surface area contributed by atoms with E-state index in [1.54, 1.807) is 31.2 Å². The van der Waals surface area contributed by atoms with Crippen LogP contribution in [0.1, 0.15) is 71.4 Å². The van der Waals surface area contributed by atoms with Crippen LogP contribution in [0.5, 0.6) is 5.75 Å². The molecule has 1 heterocycles. The fraction of sp³-hybridized carbons (Fsp3) is 0.514. The van der Waals surface area contributed by atoms with E-state index in [2.05, 4.69) is 36.6 Å². The van der Waals surface area contributed by atoms with Crippen molar-refractivity contribution in [2.24, 2.45) is 23.7 Å². The predicted octanol–water partition coefficient (Wildman–Crippen LogP) is 6.03. The average molecular weight is 669 g/mol. The van der Waals surface area contributed by atoms with Crippen LogP contribution in [-0.4, -0.2) is 55.7 Å². The Kier molecular flexibility index (Phi) is 14.3. The summed E-state index contributed by atoms with van der Waals surface area (Å²) in [5.74, 6) is -2.29. The van der Waals surface area contributed by atoms with E-state index in [9.17, 15) is 19.2 Å². The Morgan fingerprint density at radius 2 is 1.66 bits per heavy atom. The molecule has 7 atom stereocenters. The highest BCUT2D eigenvalue weighted by Gasteiger charge is 2.34. The summed E-state index contributed by atoms with van der Waals surface area (Å²) in [5.41, 5.74) is 1.88. The van der Waals surface area contributed by atoms with Crippen LogP contribution >= 0.6 is 11.6 Å². The van der Waals surface area contributed by atoms with Gasteiger partial charge in [0.25, 0.3) is 0 Å². The summed E-state index contributed by atoms with van der Waals surface area (Å²) < 4.78 is 17.1. The molecule has 2 N–H and O–H groups in total. The molecule has 2 aromatic carbocycles. The van der Waals surface area contributed by atoms with Gasteiger partial charge in [-0.25, -0.2) is 4.79 Å². The second kappa shape index (κ2) is 17.9. The Balaban J connectivity index is 1.92. The van der Waals surface area contributed by atoms with Crippen LogP contribution in [-0.2, 0) is 35.1 Å². The van der Waals surface area contributed by atoms with E-state index in [1.165, 1.54) is 18.7 Å². The largest absolute Gasteiger partial charge is 0.495 e. The van der Waals surface area contributed by atoms with Crippen molar-refractivity contribution >= 4 is 35.4 Å². The second-order valence-corrected chi connectivity index (χ2v) is 13.4. The van der Waals surface area contributed by atoms with E-state index in [-0.39, 0.29) is 49.5 Å². The molecule has 0 saturated heterocycles. The zero-order chi connectivity index (χ0) is 34.7. The van der Waals surface area contributed by atoms with Crippen molar-refractivity contribution in [3.05, 3.63) is 76.8 Å². The number of nitrogens with one attached hydrogen (secondary N) is 2. The topological polar surface area (TPSA) is 120 Å². The van der Waals surface area contributed by atoms with E-state index in [0.29, 0.717) is 16.3 Å². The summed E-state index contributed by atoms with van der Waals surface area (Å²) >= 11 is 6.31. The van der Waals surface area contributed by atoms with Crippen molar-refractivity contribution < 1.29 is 33.4 Å². The van der Waals surface area contributed by atoms with Gasteiger partial charge in [0.15, 0.2) is 6.10 Å². The number of hydrogen-bond acceptors (Lipinski definition) is 7. The van der Waals surface area contributed by atoms with Crippen molar-refractivity contribution in [3.8, 4) is 5.75 Å². The summed E-state index contributed by atoms with van der Waals surface area (Å²) in [6, 6.07) is 14.3. The van der Waals surface area contributed by atoms with E-state index in [1.807, 2.05) is 39.0 Å². The SMILES string of the molecule is COc1ccc(C[C@H]2NC(=O)/C=C/C[C@@H]([C@H](C)[C@@H](C)[C@H](C)c3ccccc3)OC(=O)[C@H](CC(C)C)OC(=O)C(C)CNC2=O)cc1Cl. The molecule has 0 spiro atoms. The molecule has 2 amide bonds. The molecule has 2 aromatic rings. The van der Waals surface area contributed by atoms with Gasteiger partial charge in [0.2, 0.25) is 11.8 Å². The molecule has 3 rings (SSSR count). The highest BCUT2D eigenvalue weighted by molar-refractivity contribution is 6.32. The summed E-state index contributed by atoms with van der Waals surface area (Å²) in [7, 11) is 1.51. The minimum atomic E-state index is -1.11. The first-order valence-electron chi connectivity index (χ1n) is 16.3. The van der Waals surface area contributed by atoms with Gasteiger partial charge in [-0.1, -0.05) is 95.6 Å². The van der Waals surface area contributed by atoms with Crippen LogP contribution in [0.3, 0.4) is 0 Å². The zero-order valence-corrected chi connectivity index (χ0v) is 29.2. The standard InChI is InChI=1S/C37H49ClN2O7/c1-22(2)18-33-37(44)46-31(26(6)24(4)25(5)28-12-9-8-10-13-28)14-11-15-34(41)40-30(35(42)39-21-23(3)36(43)47-33)20-27-16-17-32(45-7)29(38)19-27/h8-13,15-17,19,22-26,30-31,33H,14,18,20-21H2,1-7H3,(H,39,42)(H,40,41)/b15-11+/t23?,24-,25-,26+,30+,31-,33-/m0/s1. The maximum absolute atomic E-state index is 13.6. The first-order valence-corrected chi connectivity index (χ1v) is 16.7. The van der Waals surface area contributed by atoms with Crippen molar-refractivity contribution in [2.45, 2.75) is 85.0 Å². The number of ether oxygens (including phenoxy) is 3. The number of carbonyl (C=O) groups is 4. The zero-order valence-electron chi connectivity index (χ0n) is 28.5. The number of methoxy groups -OCH3 is 1. The van der Waals surface area contributed by atoms with E-state index < -0.39 is 47.9 Å². The fourth-order valence-electron chi connectivity index (χ4n) is 5.60. The number of cyclic esters (lactones) is 2. The summed E-state index contributed by atoms with van der Waals surface area (Å²) in [4.78, 5) is 53.2. The molecular formula is C37H49ClN2O7. The number of amides is 2. The fourth-order valence-corrected chi connectivity index (χ4v) is 5.88. The molecule has 0 saturated carbocycles. The van der Waals surface area contributed by atoms with Crippen molar-refractivity contribution in [1.29, 1.82) is 0 Å². The third kappa shape index (κ3) is 11.1. The second-order valence-electron chi connectivity index (χ2n) is 13.0.